The van der Waals surface area contributed by atoms with Gasteiger partial charge in [-0.25, -0.2) is 4.98 Å². The number of rotatable bonds is 1. The van der Waals surface area contributed by atoms with Crippen molar-refractivity contribution in [3.05, 3.63) is 21.8 Å². The van der Waals surface area contributed by atoms with Crippen LogP contribution in [-0.2, 0) is 0 Å². The van der Waals surface area contributed by atoms with Gasteiger partial charge in [-0.15, -0.1) is 0 Å². The van der Waals surface area contributed by atoms with Crippen LogP contribution in [0.1, 0.15) is 20.8 Å². The minimum Gasteiger partial charge on any atom is -0.358 e. The summed E-state index contributed by atoms with van der Waals surface area (Å²) in [5.41, 5.74) is -0.0913. The molecule has 0 saturated carbocycles. The average Bonchev–Trinajstić information content (AvgIpc) is 2.06. The third-order valence-corrected chi connectivity index (χ3v) is 2.45. The minimum absolute atomic E-state index is 0.0913. The molecule has 0 saturated heterocycles. The van der Waals surface area contributed by atoms with Crippen LogP contribution >= 0.6 is 39.7 Å². The number of hydrogen-bond donors (Lipinski definition) is 2. The number of halogens is 2. The van der Waals surface area contributed by atoms with Crippen molar-refractivity contribution in [2.75, 3.05) is 5.32 Å². The number of hydrogen-bond acceptors (Lipinski definition) is 2. The Morgan fingerprint density at radius 2 is 2.12 bits per heavy atom. The summed E-state index contributed by atoms with van der Waals surface area (Å²) in [6.07, 6.45) is 1.66. The number of aromatic nitrogens is 1. The van der Waals surface area contributed by atoms with Gasteiger partial charge in [0.05, 0.1) is 5.02 Å². The van der Waals surface area contributed by atoms with Crippen LogP contribution in [0, 0.1) is 0 Å². The van der Waals surface area contributed by atoms with Gasteiger partial charge in [-0.1, -0.05) is 11.6 Å². The number of pyridine rings is 1. The van der Waals surface area contributed by atoms with Gasteiger partial charge in [0, 0.05) is 16.2 Å². The molecule has 1 heterocycles. The largest absolute Gasteiger partial charge is 0.358 e. The van der Waals surface area contributed by atoms with E-state index in [0.717, 1.165) is 4.47 Å². The maximum Gasteiger partial charge on any atom is 0.172 e. The van der Waals surface area contributed by atoms with Gasteiger partial charge in [0.15, 0.2) is 10.9 Å². The lowest BCUT2D eigenvalue weighted by Crippen LogP contribution is -2.43. The molecule has 0 aromatic carbocycles. The summed E-state index contributed by atoms with van der Waals surface area (Å²) in [4.78, 5) is 4.13. The first kappa shape index (κ1) is 13.7. The van der Waals surface area contributed by atoms with Gasteiger partial charge in [0.1, 0.15) is 0 Å². The van der Waals surface area contributed by atoms with Crippen LogP contribution in [0.3, 0.4) is 0 Å². The summed E-state index contributed by atoms with van der Waals surface area (Å²) >= 11 is 14.4. The number of anilines is 1. The lowest BCUT2D eigenvalue weighted by molar-refractivity contribution is 0.515. The quantitative estimate of drug-likeness (QED) is 0.775. The molecule has 3 nitrogen and oxygen atoms in total. The van der Waals surface area contributed by atoms with Gasteiger partial charge in [-0.05, 0) is 55.0 Å². The SMILES string of the molecule is CC(C)(C)NC(=S)Nc1ncc(Br)cc1Cl. The van der Waals surface area contributed by atoms with E-state index in [-0.39, 0.29) is 5.54 Å². The highest BCUT2D eigenvalue weighted by molar-refractivity contribution is 9.10. The van der Waals surface area contributed by atoms with E-state index in [1.807, 2.05) is 20.8 Å². The van der Waals surface area contributed by atoms with Crippen LogP contribution < -0.4 is 10.6 Å². The molecule has 0 aliphatic rings. The summed E-state index contributed by atoms with van der Waals surface area (Å²) in [7, 11) is 0. The van der Waals surface area contributed by atoms with Crippen molar-refractivity contribution >= 4 is 50.7 Å². The first-order chi connectivity index (χ1) is 7.28. The molecule has 0 amide bonds. The van der Waals surface area contributed by atoms with E-state index in [0.29, 0.717) is 16.0 Å². The summed E-state index contributed by atoms with van der Waals surface area (Å²) < 4.78 is 0.831. The average molecular weight is 323 g/mol. The maximum absolute atomic E-state index is 6.00. The van der Waals surface area contributed by atoms with Gasteiger partial charge in [0.25, 0.3) is 0 Å². The topological polar surface area (TPSA) is 37.0 Å². The first-order valence-corrected chi connectivity index (χ1v) is 6.26. The molecule has 0 unspecified atom stereocenters. The van der Waals surface area contributed by atoms with Gasteiger partial charge in [0.2, 0.25) is 0 Å². The third kappa shape index (κ3) is 4.63. The number of nitrogens with one attached hydrogen (secondary N) is 2. The monoisotopic (exact) mass is 321 g/mol. The zero-order valence-corrected chi connectivity index (χ0v) is 12.4. The highest BCUT2D eigenvalue weighted by Crippen LogP contribution is 2.22. The molecule has 0 spiro atoms. The number of nitrogens with zero attached hydrogens (tertiary/aromatic N) is 1. The van der Waals surface area contributed by atoms with E-state index < -0.39 is 0 Å². The molecule has 0 atom stereocenters. The second kappa shape index (κ2) is 5.29. The Kier molecular flexibility index (Phi) is 4.52. The third-order valence-electron chi connectivity index (χ3n) is 1.53. The van der Waals surface area contributed by atoms with Crippen LogP contribution in [0.15, 0.2) is 16.7 Å². The zero-order chi connectivity index (χ0) is 12.3. The molecule has 0 aliphatic heterocycles. The van der Waals surface area contributed by atoms with Crippen molar-refractivity contribution in [3.8, 4) is 0 Å². The van der Waals surface area contributed by atoms with Crippen LogP contribution in [0.25, 0.3) is 0 Å². The molecule has 1 rings (SSSR count). The van der Waals surface area contributed by atoms with E-state index in [1.54, 1.807) is 12.3 Å². The van der Waals surface area contributed by atoms with Crippen molar-refractivity contribution < 1.29 is 0 Å². The Hall–Kier alpha value is -0.390. The zero-order valence-electron chi connectivity index (χ0n) is 9.27. The predicted octanol–water partition coefficient (Wildman–Crippen LogP) is 3.58. The standard InChI is InChI=1S/C10H13BrClN3S/c1-10(2,3)15-9(16)14-8-7(12)4-6(11)5-13-8/h4-5H,1-3H3,(H2,13,14,15,16). The fourth-order valence-corrected chi connectivity index (χ4v) is 2.07. The van der Waals surface area contributed by atoms with Gasteiger partial charge in [-0.2, -0.15) is 0 Å². The highest BCUT2D eigenvalue weighted by atomic mass is 79.9. The fraction of sp³-hybridized carbons (Fsp3) is 0.400. The minimum atomic E-state index is -0.0913. The van der Waals surface area contributed by atoms with E-state index in [9.17, 15) is 0 Å². The smallest absolute Gasteiger partial charge is 0.172 e. The molecule has 1 aromatic rings. The Morgan fingerprint density at radius 1 is 1.50 bits per heavy atom. The van der Waals surface area contributed by atoms with E-state index in [1.165, 1.54) is 0 Å². The lowest BCUT2D eigenvalue weighted by Gasteiger charge is -2.22. The van der Waals surface area contributed by atoms with Crippen LogP contribution in [0.4, 0.5) is 5.82 Å². The van der Waals surface area contributed by atoms with E-state index in [2.05, 4.69) is 31.5 Å². The molecule has 2 N–H and O–H groups in total. The van der Waals surface area contributed by atoms with Crippen LogP contribution in [0.2, 0.25) is 5.02 Å². The maximum atomic E-state index is 6.00. The van der Waals surface area contributed by atoms with Gasteiger partial charge < -0.3 is 10.6 Å². The van der Waals surface area contributed by atoms with Gasteiger partial charge in [-0.3, -0.25) is 0 Å². The Morgan fingerprint density at radius 3 is 2.62 bits per heavy atom. The first-order valence-electron chi connectivity index (χ1n) is 4.68. The summed E-state index contributed by atoms with van der Waals surface area (Å²) in [6, 6.07) is 1.76. The molecular weight excluding hydrogens is 310 g/mol. The second-order valence-corrected chi connectivity index (χ2v) is 6.04. The molecule has 0 fully saturated rings. The Bertz CT molecular complexity index is 404. The number of thiocarbonyl (C=S) groups is 1. The van der Waals surface area contributed by atoms with Gasteiger partial charge >= 0.3 is 0 Å². The summed E-state index contributed by atoms with van der Waals surface area (Å²) in [5.74, 6) is 0.548. The Balaban J connectivity index is 2.70. The van der Waals surface area contributed by atoms with E-state index in [4.69, 9.17) is 23.8 Å². The molecule has 0 aliphatic carbocycles. The van der Waals surface area contributed by atoms with Crippen molar-refractivity contribution in [1.82, 2.24) is 10.3 Å². The fourth-order valence-electron chi connectivity index (χ4n) is 0.986. The van der Waals surface area contributed by atoms with Crippen molar-refractivity contribution in [1.29, 1.82) is 0 Å². The van der Waals surface area contributed by atoms with Crippen LogP contribution in [0.5, 0.6) is 0 Å². The molecule has 1 aromatic heterocycles. The molecule has 6 heteroatoms. The molecule has 0 radical (unpaired) electrons. The van der Waals surface area contributed by atoms with Crippen molar-refractivity contribution in [2.24, 2.45) is 0 Å². The molecule has 88 valence electrons. The van der Waals surface area contributed by atoms with E-state index >= 15 is 0 Å². The normalized spacial score (nSPS) is 11.1. The molecule has 0 bridgehead atoms. The second-order valence-electron chi connectivity index (χ2n) is 4.31. The summed E-state index contributed by atoms with van der Waals surface area (Å²) in [6.45, 7) is 6.08. The predicted molar refractivity (Wildman–Crippen MR) is 76.1 cm³/mol. The Labute approximate surface area is 114 Å². The van der Waals surface area contributed by atoms with Crippen molar-refractivity contribution in [2.45, 2.75) is 26.3 Å². The van der Waals surface area contributed by atoms with Crippen molar-refractivity contribution in [3.63, 3.8) is 0 Å². The summed E-state index contributed by atoms with van der Waals surface area (Å²) in [5, 5.41) is 7.09. The highest BCUT2D eigenvalue weighted by Gasteiger charge is 2.12. The molecular formula is C10H13BrClN3S. The lowest BCUT2D eigenvalue weighted by atomic mass is 10.1. The molecule has 16 heavy (non-hydrogen) atoms. The van der Waals surface area contributed by atoms with Crippen LogP contribution in [-0.4, -0.2) is 15.6 Å².